The molecule has 0 aliphatic carbocycles. The van der Waals surface area contributed by atoms with Gasteiger partial charge in [0.1, 0.15) is 0 Å². The number of nitrogens with two attached hydrogens (primary N) is 1. The molecular weight excluding hydrogens is 246 g/mol. The lowest BCUT2D eigenvalue weighted by Gasteiger charge is -2.37. The first-order chi connectivity index (χ1) is 9.02. The summed E-state index contributed by atoms with van der Waals surface area (Å²) in [4.78, 5) is 16.0. The lowest BCUT2D eigenvalue weighted by Crippen LogP contribution is -2.45. The van der Waals surface area contributed by atoms with Gasteiger partial charge in [-0.25, -0.2) is 4.79 Å². The molecule has 19 heavy (non-hydrogen) atoms. The standard InChI is InChI=1S/C13H17N3O3/c1-7-5-16(6-8(2)18-7)11-4-10-12(3-9(11)14)19-13(17)15-10/h3-4,7-8H,5-6,14H2,1-2H3,(H,15,17)/t7-,8+. The van der Waals surface area contributed by atoms with E-state index in [1.165, 1.54) is 0 Å². The number of H-pyrrole nitrogens is 1. The van der Waals surface area contributed by atoms with Gasteiger partial charge in [0, 0.05) is 19.2 Å². The van der Waals surface area contributed by atoms with E-state index in [2.05, 4.69) is 9.88 Å². The van der Waals surface area contributed by atoms with Crippen LogP contribution < -0.4 is 16.4 Å². The van der Waals surface area contributed by atoms with Gasteiger partial charge < -0.3 is 19.8 Å². The maximum atomic E-state index is 11.2. The number of anilines is 2. The third-order valence-electron chi connectivity index (χ3n) is 3.33. The highest BCUT2D eigenvalue weighted by atomic mass is 16.5. The Bertz CT molecular complexity index is 651. The Balaban J connectivity index is 2.03. The summed E-state index contributed by atoms with van der Waals surface area (Å²) in [5.74, 6) is -0.463. The largest absolute Gasteiger partial charge is 0.417 e. The highest BCUT2D eigenvalue weighted by molar-refractivity contribution is 5.85. The molecule has 2 atom stereocenters. The summed E-state index contributed by atoms with van der Waals surface area (Å²) < 4.78 is 10.7. The summed E-state index contributed by atoms with van der Waals surface area (Å²) >= 11 is 0. The summed E-state index contributed by atoms with van der Waals surface area (Å²) in [7, 11) is 0. The average molecular weight is 263 g/mol. The van der Waals surface area contributed by atoms with Crippen LogP contribution in [-0.4, -0.2) is 30.3 Å². The van der Waals surface area contributed by atoms with Crippen molar-refractivity contribution in [1.29, 1.82) is 0 Å². The molecule has 1 aromatic carbocycles. The number of nitrogens with zero attached hydrogens (tertiary/aromatic N) is 1. The van der Waals surface area contributed by atoms with E-state index < -0.39 is 5.76 Å². The smallest absolute Gasteiger partial charge is 0.408 e. The first kappa shape index (κ1) is 12.1. The molecule has 1 aliphatic heterocycles. The van der Waals surface area contributed by atoms with Gasteiger partial charge in [-0.1, -0.05) is 0 Å². The molecule has 6 heteroatoms. The van der Waals surface area contributed by atoms with E-state index in [4.69, 9.17) is 14.9 Å². The Morgan fingerprint density at radius 2 is 2.00 bits per heavy atom. The highest BCUT2D eigenvalue weighted by Crippen LogP contribution is 2.30. The van der Waals surface area contributed by atoms with Crippen molar-refractivity contribution in [2.45, 2.75) is 26.1 Å². The molecule has 1 fully saturated rings. The van der Waals surface area contributed by atoms with E-state index in [1.807, 2.05) is 19.9 Å². The molecule has 0 amide bonds. The Hall–Kier alpha value is -1.95. The van der Waals surface area contributed by atoms with Crippen LogP contribution >= 0.6 is 0 Å². The van der Waals surface area contributed by atoms with E-state index in [0.717, 1.165) is 18.8 Å². The van der Waals surface area contributed by atoms with E-state index in [-0.39, 0.29) is 12.2 Å². The molecule has 1 saturated heterocycles. The van der Waals surface area contributed by atoms with Crippen molar-refractivity contribution in [3.63, 3.8) is 0 Å². The predicted octanol–water partition coefficient (Wildman–Crippen LogP) is 1.32. The van der Waals surface area contributed by atoms with Crippen molar-refractivity contribution in [3.05, 3.63) is 22.7 Å². The van der Waals surface area contributed by atoms with Gasteiger partial charge in [-0.05, 0) is 19.9 Å². The zero-order valence-electron chi connectivity index (χ0n) is 11.0. The lowest BCUT2D eigenvalue weighted by atomic mass is 10.1. The first-order valence-corrected chi connectivity index (χ1v) is 6.35. The summed E-state index contributed by atoms with van der Waals surface area (Å²) in [6.07, 6.45) is 0.310. The third-order valence-corrected chi connectivity index (χ3v) is 3.33. The molecule has 0 spiro atoms. The van der Waals surface area contributed by atoms with Crippen LogP contribution in [0.3, 0.4) is 0 Å². The Morgan fingerprint density at radius 3 is 2.68 bits per heavy atom. The fraction of sp³-hybridized carbons (Fsp3) is 0.462. The molecule has 2 aromatic rings. The van der Waals surface area contributed by atoms with Crippen LogP contribution in [0, 0.1) is 0 Å². The van der Waals surface area contributed by atoms with Gasteiger partial charge in [0.25, 0.3) is 0 Å². The fourth-order valence-corrected chi connectivity index (χ4v) is 2.65. The molecule has 102 valence electrons. The minimum atomic E-state index is -0.463. The quantitative estimate of drug-likeness (QED) is 0.758. The molecule has 0 saturated carbocycles. The normalized spacial score (nSPS) is 24.0. The van der Waals surface area contributed by atoms with Gasteiger partial charge in [0.2, 0.25) is 0 Å². The van der Waals surface area contributed by atoms with Crippen LogP contribution in [0.15, 0.2) is 21.3 Å². The molecule has 3 rings (SSSR count). The van der Waals surface area contributed by atoms with Crippen LogP contribution in [0.1, 0.15) is 13.8 Å². The number of fused-ring (bicyclic) bond motifs is 1. The van der Waals surface area contributed by atoms with Crippen LogP contribution in [0.25, 0.3) is 11.1 Å². The van der Waals surface area contributed by atoms with E-state index in [1.54, 1.807) is 6.07 Å². The molecule has 1 aromatic heterocycles. The SMILES string of the molecule is C[C@@H]1CN(c2cc3[nH]c(=O)oc3cc2N)C[C@H](C)O1. The molecule has 0 unspecified atom stereocenters. The van der Waals surface area contributed by atoms with Crippen LogP contribution in [-0.2, 0) is 4.74 Å². The van der Waals surface area contributed by atoms with E-state index in [0.29, 0.717) is 16.8 Å². The molecule has 3 N–H and O–H groups in total. The summed E-state index contributed by atoms with van der Waals surface area (Å²) in [6.45, 7) is 5.64. The Kier molecular flexibility index (Phi) is 2.74. The van der Waals surface area contributed by atoms with Gasteiger partial charge in [-0.15, -0.1) is 0 Å². The van der Waals surface area contributed by atoms with E-state index in [9.17, 15) is 4.79 Å². The van der Waals surface area contributed by atoms with Gasteiger partial charge in [0.05, 0.1) is 29.1 Å². The van der Waals surface area contributed by atoms with Crippen LogP contribution in [0.5, 0.6) is 0 Å². The fourth-order valence-electron chi connectivity index (χ4n) is 2.65. The van der Waals surface area contributed by atoms with Crippen molar-refractivity contribution >= 4 is 22.5 Å². The van der Waals surface area contributed by atoms with Crippen molar-refractivity contribution in [1.82, 2.24) is 4.98 Å². The van der Waals surface area contributed by atoms with Gasteiger partial charge >= 0.3 is 5.76 Å². The number of hydrogen-bond donors (Lipinski definition) is 2. The number of hydrogen-bond acceptors (Lipinski definition) is 5. The van der Waals surface area contributed by atoms with Gasteiger partial charge in [-0.2, -0.15) is 0 Å². The predicted molar refractivity (Wildman–Crippen MR) is 73.5 cm³/mol. The maximum Gasteiger partial charge on any atom is 0.417 e. The minimum absolute atomic E-state index is 0.155. The Morgan fingerprint density at radius 1 is 1.32 bits per heavy atom. The number of nitrogens with one attached hydrogen (secondary N) is 1. The minimum Gasteiger partial charge on any atom is -0.408 e. The molecule has 0 radical (unpaired) electrons. The van der Waals surface area contributed by atoms with Crippen molar-refractivity contribution in [3.8, 4) is 0 Å². The van der Waals surface area contributed by atoms with E-state index >= 15 is 0 Å². The second-order valence-corrected chi connectivity index (χ2v) is 5.08. The number of benzene rings is 1. The number of oxazole rings is 1. The van der Waals surface area contributed by atoms with Gasteiger partial charge in [0.15, 0.2) is 5.58 Å². The van der Waals surface area contributed by atoms with Crippen LogP contribution in [0.4, 0.5) is 11.4 Å². The van der Waals surface area contributed by atoms with Crippen LogP contribution in [0.2, 0.25) is 0 Å². The van der Waals surface area contributed by atoms with Gasteiger partial charge in [-0.3, -0.25) is 4.98 Å². The second-order valence-electron chi connectivity index (χ2n) is 5.08. The van der Waals surface area contributed by atoms with Crippen molar-refractivity contribution in [2.75, 3.05) is 23.7 Å². The highest BCUT2D eigenvalue weighted by Gasteiger charge is 2.24. The van der Waals surface area contributed by atoms with Crippen molar-refractivity contribution in [2.24, 2.45) is 0 Å². The molecular formula is C13H17N3O3. The molecule has 1 aliphatic rings. The van der Waals surface area contributed by atoms with Crippen molar-refractivity contribution < 1.29 is 9.15 Å². The molecule has 6 nitrogen and oxygen atoms in total. The number of aromatic nitrogens is 1. The zero-order valence-corrected chi connectivity index (χ0v) is 11.0. The summed E-state index contributed by atoms with van der Waals surface area (Å²) in [6, 6.07) is 3.55. The number of rotatable bonds is 1. The Labute approximate surface area is 110 Å². The number of nitrogen functional groups attached to an aromatic ring is 1. The number of ether oxygens (including phenoxy) is 1. The second kappa shape index (κ2) is 4.31. The lowest BCUT2D eigenvalue weighted by molar-refractivity contribution is -0.00516. The third kappa shape index (κ3) is 2.19. The molecule has 0 bridgehead atoms. The number of morpholine rings is 1. The average Bonchev–Trinajstić information content (AvgIpc) is 2.65. The first-order valence-electron chi connectivity index (χ1n) is 6.35. The monoisotopic (exact) mass is 263 g/mol. The number of aromatic amines is 1. The molecule has 2 heterocycles. The topological polar surface area (TPSA) is 84.5 Å². The summed E-state index contributed by atoms with van der Waals surface area (Å²) in [5.41, 5.74) is 8.73. The maximum absolute atomic E-state index is 11.2. The summed E-state index contributed by atoms with van der Waals surface area (Å²) in [5, 5.41) is 0. The zero-order chi connectivity index (χ0) is 13.6.